The van der Waals surface area contributed by atoms with Crippen LogP contribution >= 0.6 is 11.8 Å². The number of hydrogen-bond acceptors (Lipinski definition) is 4. The summed E-state index contributed by atoms with van der Waals surface area (Å²) >= 11 is 2.10. The van der Waals surface area contributed by atoms with E-state index in [4.69, 9.17) is 0 Å². The summed E-state index contributed by atoms with van der Waals surface area (Å²) in [7, 11) is 0. The largest absolute Gasteiger partial charge is 0.311 e. The molecule has 2 saturated heterocycles. The van der Waals surface area contributed by atoms with Gasteiger partial charge in [-0.2, -0.15) is 11.8 Å². The van der Waals surface area contributed by atoms with Gasteiger partial charge in [0.15, 0.2) is 0 Å². The van der Waals surface area contributed by atoms with Crippen LogP contribution in [0.1, 0.15) is 13.3 Å². The first kappa shape index (κ1) is 12.7. The average Bonchev–Trinajstić information content (AvgIpc) is 2.38. The molecule has 2 aliphatic heterocycles. The standard InChI is InChI=1S/C12H25N3S/c1-2-12-11-15(4-3-13-12)6-5-14-7-9-16-10-8-14/h12-13H,2-11H2,1H3. The van der Waals surface area contributed by atoms with Gasteiger partial charge in [0, 0.05) is 63.4 Å². The van der Waals surface area contributed by atoms with E-state index in [-0.39, 0.29) is 0 Å². The van der Waals surface area contributed by atoms with Crippen LogP contribution in [0.2, 0.25) is 0 Å². The Balaban J connectivity index is 1.64. The van der Waals surface area contributed by atoms with Crippen molar-refractivity contribution < 1.29 is 0 Å². The van der Waals surface area contributed by atoms with E-state index in [0.29, 0.717) is 0 Å². The van der Waals surface area contributed by atoms with Crippen molar-refractivity contribution >= 4 is 11.8 Å². The molecule has 0 radical (unpaired) electrons. The number of hydrogen-bond donors (Lipinski definition) is 1. The Hall–Kier alpha value is 0.230. The van der Waals surface area contributed by atoms with Gasteiger partial charge in [-0.1, -0.05) is 6.92 Å². The molecule has 4 heteroatoms. The highest BCUT2D eigenvalue weighted by molar-refractivity contribution is 7.99. The van der Waals surface area contributed by atoms with Crippen molar-refractivity contribution in [3.05, 3.63) is 0 Å². The summed E-state index contributed by atoms with van der Waals surface area (Å²) in [5.41, 5.74) is 0. The fraction of sp³-hybridized carbons (Fsp3) is 1.00. The zero-order valence-corrected chi connectivity index (χ0v) is 11.3. The van der Waals surface area contributed by atoms with Crippen molar-refractivity contribution in [2.75, 3.05) is 57.3 Å². The number of thioether (sulfide) groups is 1. The Morgan fingerprint density at radius 2 is 1.88 bits per heavy atom. The summed E-state index contributed by atoms with van der Waals surface area (Å²) in [4.78, 5) is 5.26. The van der Waals surface area contributed by atoms with Crippen LogP contribution in [0.3, 0.4) is 0 Å². The molecule has 0 aromatic rings. The minimum atomic E-state index is 0.727. The second kappa shape index (κ2) is 6.84. The zero-order chi connectivity index (χ0) is 11.2. The molecule has 2 fully saturated rings. The monoisotopic (exact) mass is 243 g/mol. The van der Waals surface area contributed by atoms with Gasteiger partial charge in [-0.3, -0.25) is 4.90 Å². The summed E-state index contributed by atoms with van der Waals surface area (Å²) in [6.45, 7) is 11.1. The number of rotatable bonds is 4. The van der Waals surface area contributed by atoms with Crippen LogP contribution in [-0.2, 0) is 0 Å². The lowest BCUT2D eigenvalue weighted by atomic mass is 10.1. The first-order valence-electron chi connectivity index (χ1n) is 6.64. The maximum atomic E-state index is 3.58. The van der Waals surface area contributed by atoms with Gasteiger partial charge in [0.05, 0.1) is 0 Å². The molecule has 0 spiro atoms. The third-order valence-corrected chi connectivity index (χ3v) is 4.61. The van der Waals surface area contributed by atoms with Gasteiger partial charge in [-0.25, -0.2) is 0 Å². The zero-order valence-electron chi connectivity index (χ0n) is 10.5. The minimum Gasteiger partial charge on any atom is -0.311 e. The molecule has 0 saturated carbocycles. The second-order valence-electron chi connectivity index (χ2n) is 4.81. The van der Waals surface area contributed by atoms with Crippen LogP contribution in [0.15, 0.2) is 0 Å². The first-order valence-corrected chi connectivity index (χ1v) is 7.80. The van der Waals surface area contributed by atoms with Gasteiger partial charge in [0.25, 0.3) is 0 Å². The van der Waals surface area contributed by atoms with Gasteiger partial charge in [0.1, 0.15) is 0 Å². The Bertz CT molecular complexity index is 195. The molecule has 0 aromatic heterocycles. The van der Waals surface area contributed by atoms with Crippen molar-refractivity contribution in [3.63, 3.8) is 0 Å². The van der Waals surface area contributed by atoms with E-state index in [2.05, 4.69) is 33.8 Å². The molecule has 0 aromatic carbocycles. The average molecular weight is 243 g/mol. The Morgan fingerprint density at radius 1 is 1.12 bits per heavy atom. The third kappa shape index (κ3) is 3.91. The smallest absolute Gasteiger partial charge is 0.0192 e. The van der Waals surface area contributed by atoms with Crippen LogP contribution in [0.4, 0.5) is 0 Å². The topological polar surface area (TPSA) is 18.5 Å². The summed E-state index contributed by atoms with van der Waals surface area (Å²) in [6.07, 6.45) is 1.26. The molecular formula is C12H25N3S. The highest BCUT2D eigenvalue weighted by Gasteiger charge is 2.18. The van der Waals surface area contributed by atoms with Crippen molar-refractivity contribution in [1.82, 2.24) is 15.1 Å². The van der Waals surface area contributed by atoms with Crippen LogP contribution in [-0.4, -0.2) is 73.2 Å². The van der Waals surface area contributed by atoms with E-state index < -0.39 is 0 Å². The van der Waals surface area contributed by atoms with Gasteiger partial charge < -0.3 is 10.2 Å². The van der Waals surface area contributed by atoms with Crippen LogP contribution in [0.25, 0.3) is 0 Å². The van der Waals surface area contributed by atoms with E-state index in [9.17, 15) is 0 Å². The molecule has 0 bridgehead atoms. The lowest BCUT2D eigenvalue weighted by molar-refractivity contribution is 0.169. The number of nitrogens with zero attached hydrogens (tertiary/aromatic N) is 2. The van der Waals surface area contributed by atoms with Crippen LogP contribution in [0, 0.1) is 0 Å². The van der Waals surface area contributed by atoms with Gasteiger partial charge in [-0.05, 0) is 6.42 Å². The maximum absolute atomic E-state index is 3.58. The molecule has 0 amide bonds. The van der Waals surface area contributed by atoms with E-state index in [0.717, 1.165) is 6.04 Å². The molecule has 3 nitrogen and oxygen atoms in total. The fourth-order valence-electron chi connectivity index (χ4n) is 2.48. The lowest BCUT2D eigenvalue weighted by Crippen LogP contribution is -2.52. The molecule has 94 valence electrons. The predicted molar refractivity (Wildman–Crippen MR) is 72.3 cm³/mol. The normalized spacial score (nSPS) is 29.4. The van der Waals surface area contributed by atoms with Crippen molar-refractivity contribution in [2.24, 2.45) is 0 Å². The fourth-order valence-corrected chi connectivity index (χ4v) is 3.46. The molecule has 2 heterocycles. The molecule has 1 atom stereocenters. The minimum absolute atomic E-state index is 0.727. The molecule has 2 aliphatic rings. The Labute approximate surface area is 104 Å². The first-order chi connectivity index (χ1) is 7.88. The summed E-state index contributed by atoms with van der Waals surface area (Å²) in [5.74, 6) is 2.66. The molecule has 1 unspecified atom stereocenters. The van der Waals surface area contributed by atoms with E-state index in [1.54, 1.807) is 0 Å². The second-order valence-corrected chi connectivity index (χ2v) is 6.04. The maximum Gasteiger partial charge on any atom is 0.0192 e. The highest BCUT2D eigenvalue weighted by Crippen LogP contribution is 2.09. The SMILES string of the molecule is CCC1CN(CCN2CCSCC2)CCN1. The molecular weight excluding hydrogens is 218 g/mol. The molecule has 0 aliphatic carbocycles. The molecule has 2 rings (SSSR count). The third-order valence-electron chi connectivity index (χ3n) is 3.67. The van der Waals surface area contributed by atoms with Crippen LogP contribution < -0.4 is 5.32 Å². The summed E-state index contributed by atoms with van der Waals surface area (Å²) in [5, 5.41) is 3.58. The quantitative estimate of drug-likeness (QED) is 0.784. The van der Waals surface area contributed by atoms with Gasteiger partial charge in [0.2, 0.25) is 0 Å². The predicted octanol–water partition coefficient (Wildman–Crippen LogP) is 0.719. The number of nitrogens with one attached hydrogen (secondary N) is 1. The van der Waals surface area contributed by atoms with Crippen molar-refractivity contribution in [1.29, 1.82) is 0 Å². The highest BCUT2D eigenvalue weighted by atomic mass is 32.2. The van der Waals surface area contributed by atoms with E-state index >= 15 is 0 Å². The number of piperazine rings is 1. The lowest BCUT2D eigenvalue weighted by Gasteiger charge is -2.35. The Kier molecular flexibility index (Phi) is 5.42. The van der Waals surface area contributed by atoms with Crippen molar-refractivity contribution in [3.8, 4) is 0 Å². The van der Waals surface area contributed by atoms with Crippen LogP contribution in [0.5, 0.6) is 0 Å². The van der Waals surface area contributed by atoms with E-state index in [1.165, 1.54) is 63.7 Å². The Morgan fingerprint density at radius 3 is 2.62 bits per heavy atom. The summed E-state index contributed by atoms with van der Waals surface area (Å²) < 4.78 is 0. The summed E-state index contributed by atoms with van der Waals surface area (Å²) in [6, 6.07) is 0.727. The molecule has 16 heavy (non-hydrogen) atoms. The molecule has 1 N–H and O–H groups in total. The van der Waals surface area contributed by atoms with E-state index in [1.807, 2.05) is 0 Å². The van der Waals surface area contributed by atoms with Gasteiger partial charge >= 0.3 is 0 Å². The van der Waals surface area contributed by atoms with Gasteiger partial charge in [-0.15, -0.1) is 0 Å². The van der Waals surface area contributed by atoms with Crippen molar-refractivity contribution in [2.45, 2.75) is 19.4 Å².